The van der Waals surface area contributed by atoms with Crippen molar-refractivity contribution in [2.45, 2.75) is 33.3 Å². The van der Waals surface area contributed by atoms with Crippen molar-refractivity contribution in [1.82, 2.24) is 15.1 Å². The summed E-state index contributed by atoms with van der Waals surface area (Å²) in [5.41, 5.74) is 1.23. The van der Waals surface area contributed by atoms with Crippen LogP contribution in [0.3, 0.4) is 0 Å². The number of hydrogen-bond donors (Lipinski definition) is 1. The van der Waals surface area contributed by atoms with Crippen LogP contribution >= 0.6 is 0 Å². The van der Waals surface area contributed by atoms with Crippen LogP contribution in [0.4, 0.5) is 4.79 Å². The molecular formula is C19H29N3O3. The second kappa shape index (κ2) is 8.34. The molecule has 6 nitrogen and oxygen atoms in total. The van der Waals surface area contributed by atoms with E-state index in [1.165, 1.54) is 0 Å². The Labute approximate surface area is 150 Å². The molecule has 25 heavy (non-hydrogen) atoms. The molecule has 1 aromatic carbocycles. The molecule has 1 aliphatic rings. The predicted octanol–water partition coefficient (Wildman–Crippen LogP) is 2.28. The van der Waals surface area contributed by atoms with Crippen molar-refractivity contribution < 1.29 is 14.3 Å². The van der Waals surface area contributed by atoms with E-state index in [1.54, 1.807) is 4.90 Å². The number of nitrogens with zero attached hydrogens (tertiary/aromatic N) is 2. The standard InChI is InChI=1S/C19H29N3O3/c1-15-7-5-6-8-16(15)17(23)20-9-10-21-11-13-22(14-12-21)18(24)25-19(2,3)4/h5-8H,9-14H2,1-4H3,(H,20,23). The summed E-state index contributed by atoms with van der Waals surface area (Å²) in [4.78, 5) is 28.2. The Morgan fingerprint density at radius 1 is 1.12 bits per heavy atom. The average molecular weight is 347 g/mol. The Hall–Kier alpha value is -2.08. The smallest absolute Gasteiger partial charge is 0.410 e. The lowest BCUT2D eigenvalue weighted by molar-refractivity contribution is 0.0147. The largest absolute Gasteiger partial charge is 0.444 e. The maximum atomic E-state index is 12.2. The molecule has 1 aliphatic heterocycles. The molecule has 0 aromatic heterocycles. The van der Waals surface area contributed by atoms with E-state index in [4.69, 9.17) is 4.74 Å². The van der Waals surface area contributed by atoms with Crippen LogP contribution in [0, 0.1) is 6.92 Å². The Bertz CT molecular complexity index is 602. The molecule has 0 aliphatic carbocycles. The van der Waals surface area contributed by atoms with E-state index in [9.17, 15) is 9.59 Å². The zero-order valence-electron chi connectivity index (χ0n) is 15.7. The molecule has 138 valence electrons. The van der Waals surface area contributed by atoms with Crippen molar-refractivity contribution >= 4 is 12.0 Å². The fourth-order valence-electron chi connectivity index (χ4n) is 2.73. The third kappa shape index (κ3) is 6.05. The maximum absolute atomic E-state index is 12.2. The summed E-state index contributed by atoms with van der Waals surface area (Å²) < 4.78 is 5.40. The third-order valence-corrected chi connectivity index (χ3v) is 4.13. The normalized spacial score (nSPS) is 15.8. The summed E-state index contributed by atoms with van der Waals surface area (Å²) >= 11 is 0. The second-order valence-corrected chi connectivity index (χ2v) is 7.38. The average Bonchev–Trinajstić information content (AvgIpc) is 2.54. The van der Waals surface area contributed by atoms with Gasteiger partial charge in [0.25, 0.3) is 5.91 Å². The van der Waals surface area contributed by atoms with E-state index in [2.05, 4.69) is 10.2 Å². The summed E-state index contributed by atoms with van der Waals surface area (Å²) in [5.74, 6) is -0.0366. The topological polar surface area (TPSA) is 61.9 Å². The minimum Gasteiger partial charge on any atom is -0.444 e. The van der Waals surface area contributed by atoms with Gasteiger partial charge in [-0.25, -0.2) is 4.79 Å². The molecule has 0 spiro atoms. The number of hydrogen-bond acceptors (Lipinski definition) is 4. The first-order valence-electron chi connectivity index (χ1n) is 8.80. The van der Waals surface area contributed by atoms with Gasteiger partial charge in [0.15, 0.2) is 0 Å². The Kier molecular flexibility index (Phi) is 6.42. The van der Waals surface area contributed by atoms with Gasteiger partial charge in [0.2, 0.25) is 0 Å². The fraction of sp³-hybridized carbons (Fsp3) is 0.579. The molecule has 0 bridgehead atoms. The highest BCUT2D eigenvalue weighted by Gasteiger charge is 2.25. The molecule has 1 N–H and O–H groups in total. The number of benzene rings is 1. The first kappa shape index (κ1) is 19.2. The van der Waals surface area contributed by atoms with Gasteiger partial charge in [0.1, 0.15) is 5.60 Å². The minimum atomic E-state index is -0.464. The van der Waals surface area contributed by atoms with E-state index in [0.29, 0.717) is 19.6 Å². The molecule has 0 radical (unpaired) electrons. The van der Waals surface area contributed by atoms with Gasteiger partial charge in [-0.1, -0.05) is 18.2 Å². The molecule has 2 rings (SSSR count). The van der Waals surface area contributed by atoms with Crippen LogP contribution in [-0.4, -0.2) is 66.7 Å². The summed E-state index contributed by atoms with van der Waals surface area (Å²) in [7, 11) is 0. The Morgan fingerprint density at radius 3 is 2.36 bits per heavy atom. The molecule has 1 fully saturated rings. The molecule has 0 unspecified atom stereocenters. The minimum absolute atomic E-state index is 0.0366. The molecule has 0 saturated carbocycles. The Balaban J connectivity index is 1.70. The van der Waals surface area contributed by atoms with Crippen molar-refractivity contribution in [3.05, 3.63) is 35.4 Å². The number of ether oxygens (including phenoxy) is 1. The van der Waals surface area contributed by atoms with Crippen LogP contribution in [0.5, 0.6) is 0 Å². The highest BCUT2D eigenvalue weighted by atomic mass is 16.6. The van der Waals surface area contributed by atoms with E-state index in [1.807, 2.05) is 52.0 Å². The van der Waals surface area contributed by atoms with Crippen LogP contribution in [-0.2, 0) is 4.74 Å². The molecule has 1 aromatic rings. The lowest BCUT2D eigenvalue weighted by Gasteiger charge is -2.35. The van der Waals surface area contributed by atoms with Gasteiger partial charge in [0.05, 0.1) is 0 Å². The first-order chi connectivity index (χ1) is 11.8. The van der Waals surface area contributed by atoms with E-state index in [-0.39, 0.29) is 12.0 Å². The molecule has 0 atom stereocenters. The van der Waals surface area contributed by atoms with Gasteiger partial charge < -0.3 is 15.0 Å². The second-order valence-electron chi connectivity index (χ2n) is 7.38. The van der Waals surface area contributed by atoms with E-state index >= 15 is 0 Å². The number of rotatable bonds is 4. The molecule has 1 heterocycles. The fourth-order valence-corrected chi connectivity index (χ4v) is 2.73. The predicted molar refractivity (Wildman–Crippen MR) is 97.8 cm³/mol. The lowest BCUT2D eigenvalue weighted by atomic mass is 10.1. The summed E-state index contributed by atoms with van der Waals surface area (Å²) in [6, 6.07) is 7.57. The van der Waals surface area contributed by atoms with Gasteiger partial charge in [-0.2, -0.15) is 0 Å². The van der Waals surface area contributed by atoms with Crippen molar-refractivity contribution in [3.8, 4) is 0 Å². The first-order valence-corrected chi connectivity index (χ1v) is 8.80. The quantitative estimate of drug-likeness (QED) is 0.908. The van der Waals surface area contributed by atoms with Crippen molar-refractivity contribution in [2.24, 2.45) is 0 Å². The summed E-state index contributed by atoms with van der Waals surface area (Å²) in [6.45, 7) is 11.8. The molecular weight excluding hydrogens is 318 g/mol. The zero-order chi connectivity index (χ0) is 18.4. The molecule has 2 amide bonds. The van der Waals surface area contributed by atoms with Crippen LogP contribution in [0.2, 0.25) is 0 Å². The number of carbonyl (C=O) groups excluding carboxylic acids is 2. The molecule has 1 saturated heterocycles. The van der Waals surface area contributed by atoms with Gasteiger partial charge in [0, 0.05) is 44.8 Å². The van der Waals surface area contributed by atoms with E-state index in [0.717, 1.165) is 30.8 Å². The Morgan fingerprint density at radius 2 is 1.76 bits per heavy atom. The SMILES string of the molecule is Cc1ccccc1C(=O)NCCN1CCN(C(=O)OC(C)(C)C)CC1. The zero-order valence-corrected chi connectivity index (χ0v) is 15.7. The third-order valence-electron chi connectivity index (χ3n) is 4.13. The molecule has 6 heteroatoms. The lowest BCUT2D eigenvalue weighted by Crippen LogP contribution is -2.51. The van der Waals surface area contributed by atoms with Gasteiger partial charge in [-0.05, 0) is 39.3 Å². The van der Waals surface area contributed by atoms with Crippen LogP contribution in [0.1, 0.15) is 36.7 Å². The summed E-state index contributed by atoms with van der Waals surface area (Å²) in [6.07, 6.45) is -0.250. The number of aryl methyl sites for hydroxylation is 1. The van der Waals surface area contributed by atoms with Gasteiger partial charge in [-0.15, -0.1) is 0 Å². The number of piperazine rings is 1. The van der Waals surface area contributed by atoms with Gasteiger partial charge >= 0.3 is 6.09 Å². The van der Waals surface area contributed by atoms with Gasteiger partial charge in [-0.3, -0.25) is 9.69 Å². The highest BCUT2D eigenvalue weighted by Crippen LogP contribution is 2.11. The van der Waals surface area contributed by atoms with Crippen LogP contribution in [0.25, 0.3) is 0 Å². The maximum Gasteiger partial charge on any atom is 0.410 e. The monoisotopic (exact) mass is 347 g/mol. The summed E-state index contributed by atoms with van der Waals surface area (Å²) in [5, 5.41) is 2.97. The highest BCUT2D eigenvalue weighted by molar-refractivity contribution is 5.95. The van der Waals surface area contributed by atoms with Crippen molar-refractivity contribution in [2.75, 3.05) is 39.3 Å². The van der Waals surface area contributed by atoms with E-state index < -0.39 is 5.60 Å². The van der Waals surface area contributed by atoms with Crippen LogP contribution < -0.4 is 5.32 Å². The number of amides is 2. The van der Waals surface area contributed by atoms with Crippen molar-refractivity contribution in [3.63, 3.8) is 0 Å². The number of carbonyl (C=O) groups is 2. The van der Waals surface area contributed by atoms with Crippen molar-refractivity contribution in [1.29, 1.82) is 0 Å². The van der Waals surface area contributed by atoms with Crippen LogP contribution in [0.15, 0.2) is 24.3 Å². The number of nitrogens with one attached hydrogen (secondary N) is 1.